The lowest BCUT2D eigenvalue weighted by Gasteiger charge is -2.34. The Hall–Kier alpha value is -8.18. The molecule has 0 aromatic heterocycles. The maximum absolute atomic E-state index is 14.5. The molecule has 0 spiro atoms. The van der Waals surface area contributed by atoms with Crippen LogP contribution in [0.3, 0.4) is 0 Å². The molecule has 0 aliphatic rings. The van der Waals surface area contributed by atoms with Gasteiger partial charge in [-0.2, -0.15) is 13.2 Å². The number of rotatable bonds is 29. The molecule has 0 saturated heterocycles. The molecule has 10 N–H and O–H groups in total. The van der Waals surface area contributed by atoms with Crippen LogP contribution in [0.4, 0.5) is 13.2 Å². The summed E-state index contributed by atoms with van der Waals surface area (Å²) in [5, 5.41) is 44.2. The average Bonchev–Trinajstić information content (AvgIpc) is 3.34. The molecule has 0 bridgehead atoms. The third-order valence-electron chi connectivity index (χ3n) is 11.8. The summed E-state index contributed by atoms with van der Waals surface area (Å²) in [7, 11) is 0. The van der Waals surface area contributed by atoms with E-state index in [0.29, 0.717) is 22.3 Å². The standard InChI is InChI=1S/C53H66F3N7O14/c1-29(2)25-35(47(73)61-38(28-53(54,55)56)44(71)50(76)62-43(31-16-9-7-10-17-31)32-18-11-8-12-19-32)60-51(77)45(52(4,5)6)63-49(75)36(26-33-20-14-13-15-30(33)3)59-46(72)34(21-23-40(65)66)58-48(74)37(27-42(69)70)57-39(64)22-24-41(67)68/h7-20,29,34-38,43,45H,21-28H2,1-6H3,(H,57,64)(H,58,74)(H,59,72)(H,60,77)(H,61,73)(H,62,76)(H,63,75)(H,65,66)(H,67,68)(H,69,70)/t34-,35-,36-,37-,38-,45+/m0/s1. The maximum Gasteiger partial charge on any atom is 0.391 e. The molecule has 0 saturated carbocycles. The molecule has 0 aliphatic carbocycles. The fourth-order valence-electron chi connectivity index (χ4n) is 7.82. The lowest BCUT2D eigenvalue weighted by molar-refractivity contribution is -0.154. The number of carbonyl (C=O) groups is 11. The fourth-order valence-corrected chi connectivity index (χ4v) is 7.82. The van der Waals surface area contributed by atoms with E-state index in [1.54, 1.807) is 106 Å². The number of halogens is 3. The number of carbonyl (C=O) groups excluding carboxylic acids is 8. The van der Waals surface area contributed by atoms with Crippen LogP contribution in [0, 0.1) is 18.3 Å². The Morgan fingerprint density at radius 2 is 1.00 bits per heavy atom. The van der Waals surface area contributed by atoms with E-state index >= 15 is 0 Å². The van der Waals surface area contributed by atoms with Gasteiger partial charge in [-0.1, -0.05) is 120 Å². The third-order valence-corrected chi connectivity index (χ3v) is 11.8. The number of aryl methyl sites for hydroxylation is 1. The quantitative estimate of drug-likeness (QED) is 0.0447. The number of hydrogen-bond acceptors (Lipinski definition) is 11. The van der Waals surface area contributed by atoms with Crippen molar-refractivity contribution in [3.63, 3.8) is 0 Å². The molecule has 6 atom stereocenters. The van der Waals surface area contributed by atoms with Crippen molar-refractivity contribution in [1.29, 1.82) is 0 Å². The highest BCUT2D eigenvalue weighted by atomic mass is 19.4. The average molecular weight is 1080 g/mol. The highest BCUT2D eigenvalue weighted by Crippen LogP contribution is 2.26. The second kappa shape index (κ2) is 29.2. The number of ketones is 1. The minimum absolute atomic E-state index is 0.222. The SMILES string of the molecule is Cc1ccccc1C[C@H](NC(=O)[C@H](CCC(=O)O)NC(=O)[C@H](CC(=O)O)NC(=O)CCC(=O)O)C(=O)N[C@H](C(=O)N[C@@H](CC(C)C)C(=O)N[C@@H](CC(F)(F)F)C(=O)C(=O)NC(c1ccccc1)c1ccccc1)C(C)(C)C. The molecular formula is C53H66F3N7O14. The van der Waals surface area contributed by atoms with Gasteiger partial charge in [-0.05, 0) is 53.4 Å². The lowest BCUT2D eigenvalue weighted by Crippen LogP contribution is -2.62. The van der Waals surface area contributed by atoms with Crippen LogP contribution in [0.25, 0.3) is 0 Å². The van der Waals surface area contributed by atoms with Gasteiger partial charge in [-0.3, -0.25) is 52.7 Å². The first-order valence-electron chi connectivity index (χ1n) is 24.5. The second-order valence-electron chi connectivity index (χ2n) is 19.8. The van der Waals surface area contributed by atoms with E-state index in [1.165, 1.54) is 20.8 Å². The number of nitrogens with one attached hydrogen (secondary N) is 7. The number of amides is 7. The van der Waals surface area contributed by atoms with E-state index in [0.717, 1.165) is 0 Å². The van der Waals surface area contributed by atoms with Gasteiger partial charge in [-0.15, -0.1) is 0 Å². The monoisotopic (exact) mass is 1080 g/mol. The highest BCUT2D eigenvalue weighted by molar-refractivity contribution is 6.38. The van der Waals surface area contributed by atoms with Crippen LogP contribution < -0.4 is 37.2 Å². The van der Waals surface area contributed by atoms with Crippen molar-refractivity contribution in [3.8, 4) is 0 Å². The van der Waals surface area contributed by atoms with Gasteiger partial charge >= 0.3 is 24.1 Å². The highest BCUT2D eigenvalue weighted by Gasteiger charge is 2.42. The van der Waals surface area contributed by atoms with Crippen molar-refractivity contribution in [2.24, 2.45) is 11.3 Å². The molecule has 3 aromatic rings. The van der Waals surface area contributed by atoms with Crippen LogP contribution in [0.2, 0.25) is 0 Å². The Bertz CT molecular complexity index is 2550. The summed E-state index contributed by atoms with van der Waals surface area (Å²) in [5.41, 5.74) is 0.873. The van der Waals surface area contributed by atoms with Gasteiger partial charge in [-0.25, -0.2) is 0 Å². The van der Waals surface area contributed by atoms with E-state index in [-0.39, 0.29) is 12.8 Å². The number of carboxylic acid groups (broad SMARTS) is 3. The molecular weight excluding hydrogens is 1020 g/mol. The summed E-state index contributed by atoms with van der Waals surface area (Å²) in [4.78, 5) is 145. The Kier molecular flexibility index (Phi) is 23.9. The predicted octanol–water partition coefficient (Wildman–Crippen LogP) is 3.17. The Balaban J connectivity index is 1.96. The zero-order valence-electron chi connectivity index (χ0n) is 43.3. The Labute approximate surface area is 442 Å². The molecule has 3 aromatic carbocycles. The first-order valence-corrected chi connectivity index (χ1v) is 24.5. The summed E-state index contributed by atoms with van der Waals surface area (Å²) >= 11 is 0. The second-order valence-corrected chi connectivity index (χ2v) is 19.8. The van der Waals surface area contributed by atoms with E-state index < -0.39 is 163 Å². The normalized spacial score (nSPS) is 13.8. The first kappa shape index (κ1) is 63.1. The zero-order valence-corrected chi connectivity index (χ0v) is 43.3. The van der Waals surface area contributed by atoms with E-state index in [2.05, 4.69) is 31.9 Å². The van der Waals surface area contributed by atoms with Crippen molar-refractivity contribution >= 4 is 65.0 Å². The third kappa shape index (κ3) is 21.9. The molecule has 0 aliphatic heterocycles. The van der Waals surface area contributed by atoms with Crippen LogP contribution in [-0.2, 0) is 59.2 Å². The number of alkyl halides is 3. The number of carboxylic acids is 3. The van der Waals surface area contributed by atoms with E-state index in [9.17, 15) is 76.1 Å². The summed E-state index contributed by atoms with van der Waals surface area (Å²) < 4.78 is 42.4. The van der Waals surface area contributed by atoms with Crippen molar-refractivity contribution in [2.75, 3.05) is 0 Å². The van der Waals surface area contributed by atoms with Gasteiger partial charge in [0, 0.05) is 19.3 Å². The Morgan fingerprint density at radius 3 is 1.51 bits per heavy atom. The fraction of sp³-hybridized carbons (Fsp3) is 0.453. The van der Waals surface area contributed by atoms with Crippen LogP contribution in [0.15, 0.2) is 84.9 Å². The van der Waals surface area contributed by atoms with Crippen molar-refractivity contribution < 1.29 is 81.2 Å². The molecule has 0 radical (unpaired) electrons. The van der Waals surface area contributed by atoms with E-state index in [1.807, 2.05) is 5.32 Å². The number of Topliss-reactive ketones (excluding diaryl/α,β-unsaturated/α-hetero) is 1. The van der Waals surface area contributed by atoms with E-state index in [4.69, 9.17) is 5.11 Å². The van der Waals surface area contributed by atoms with Gasteiger partial charge in [0.25, 0.3) is 5.91 Å². The predicted molar refractivity (Wildman–Crippen MR) is 270 cm³/mol. The van der Waals surface area contributed by atoms with Crippen molar-refractivity contribution in [3.05, 3.63) is 107 Å². The van der Waals surface area contributed by atoms with Gasteiger partial charge in [0.2, 0.25) is 41.2 Å². The summed E-state index contributed by atoms with van der Waals surface area (Å²) in [6.45, 7) is 9.50. The van der Waals surface area contributed by atoms with Gasteiger partial charge in [0.15, 0.2) is 0 Å². The van der Waals surface area contributed by atoms with Crippen LogP contribution in [-0.4, -0.2) is 123 Å². The molecule has 7 amide bonds. The molecule has 21 nitrogen and oxygen atoms in total. The molecule has 24 heteroatoms. The van der Waals surface area contributed by atoms with Crippen LogP contribution in [0.1, 0.15) is 108 Å². The van der Waals surface area contributed by atoms with Crippen LogP contribution >= 0.6 is 0 Å². The van der Waals surface area contributed by atoms with Crippen molar-refractivity contribution in [1.82, 2.24) is 37.2 Å². The molecule has 0 unspecified atom stereocenters. The minimum Gasteiger partial charge on any atom is -0.481 e. The molecule has 0 fully saturated rings. The number of benzene rings is 3. The number of hydrogen-bond donors (Lipinski definition) is 10. The lowest BCUT2D eigenvalue weighted by atomic mass is 9.85. The molecule has 3 rings (SSSR count). The van der Waals surface area contributed by atoms with Gasteiger partial charge < -0.3 is 52.5 Å². The minimum atomic E-state index is -5.08. The zero-order chi connectivity index (χ0) is 57.8. The smallest absolute Gasteiger partial charge is 0.391 e. The van der Waals surface area contributed by atoms with Crippen molar-refractivity contribution in [2.45, 2.75) is 141 Å². The number of aliphatic carboxylic acids is 3. The Morgan fingerprint density at radius 1 is 0.519 bits per heavy atom. The molecule has 0 heterocycles. The summed E-state index contributed by atoms with van der Waals surface area (Å²) in [6, 6.07) is 11.2. The van der Waals surface area contributed by atoms with Gasteiger partial charge in [0.1, 0.15) is 36.3 Å². The summed E-state index contributed by atoms with van der Waals surface area (Å²) in [5.74, 6) is -14.7. The van der Waals surface area contributed by atoms with Gasteiger partial charge in [0.05, 0.1) is 25.3 Å². The molecule has 418 valence electrons. The molecule has 77 heavy (non-hydrogen) atoms. The first-order chi connectivity index (χ1) is 35.9. The van der Waals surface area contributed by atoms with Crippen LogP contribution in [0.5, 0.6) is 0 Å². The topological polar surface area (TPSA) is 333 Å². The largest absolute Gasteiger partial charge is 0.481 e. The summed E-state index contributed by atoms with van der Waals surface area (Å²) in [6.07, 6.45) is -11.3. The maximum atomic E-state index is 14.5.